The molecule has 1 aliphatic rings. The molecule has 16 heavy (non-hydrogen) atoms. The minimum atomic E-state index is 0.282. The molecule has 2 rings (SSSR count). The molecule has 2 heteroatoms. The molecule has 0 spiro atoms. The minimum absolute atomic E-state index is 0.282. The fraction of sp³-hybridized carbons (Fsp3) is 0.429. The molecule has 0 bridgehead atoms. The number of allylic oxidation sites excluding steroid dienone is 1. The van der Waals surface area contributed by atoms with Crippen molar-refractivity contribution in [2.75, 3.05) is 0 Å². The first-order valence-electron chi connectivity index (χ1n) is 5.95. The van der Waals surface area contributed by atoms with Crippen LogP contribution in [0.1, 0.15) is 43.2 Å². The number of hydrogen-bond acceptors (Lipinski definition) is 2. The number of nitrogens with one attached hydrogen (secondary N) is 1. The third-order valence-corrected chi connectivity index (χ3v) is 3.39. The SMILES string of the molecule is CC(C)c1ccc(C2CC=CC2NN)cc1. The zero-order valence-corrected chi connectivity index (χ0v) is 9.98. The molecule has 1 aliphatic carbocycles. The lowest BCUT2D eigenvalue weighted by Gasteiger charge is -2.19. The second-order valence-electron chi connectivity index (χ2n) is 4.78. The monoisotopic (exact) mass is 216 g/mol. The van der Waals surface area contributed by atoms with E-state index in [1.807, 2.05) is 0 Å². The van der Waals surface area contributed by atoms with Crippen LogP contribution in [0.5, 0.6) is 0 Å². The van der Waals surface area contributed by atoms with Crippen LogP contribution in [0.2, 0.25) is 0 Å². The molecular formula is C14H20N2. The second kappa shape index (κ2) is 4.81. The van der Waals surface area contributed by atoms with Crippen molar-refractivity contribution in [2.24, 2.45) is 5.84 Å². The topological polar surface area (TPSA) is 38.0 Å². The van der Waals surface area contributed by atoms with Gasteiger partial charge in [0.15, 0.2) is 0 Å². The van der Waals surface area contributed by atoms with E-state index in [2.05, 4.69) is 55.7 Å². The van der Waals surface area contributed by atoms with Crippen LogP contribution in [0.25, 0.3) is 0 Å². The van der Waals surface area contributed by atoms with E-state index < -0.39 is 0 Å². The van der Waals surface area contributed by atoms with E-state index in [1.165, 1.54) is 11.1 Å². The maximum atomic E-state index is 5.54. The minimum Gasteiger partial charge on any atom is -0.271 e. The van der Waals surface area contributed by atoms with Crippen LogP contribution < -0.4 is 11.3 Å². The summed E-state index contributed by atoms with van der Waals surface area (Å²) in [6.07, 6.45) is 5.43. The number of hydrazine groups is 1. The first-order valence-corrected chi connectivity index (χ1v) is 5.95. The van der Waals surface area contributed by atoms with Gasteiger partial charge in [0.25, 0.3) is 0 Å². The van der Waals surface area contributed by atoms with Gasteiger partial charge >= 0.3 is 0 Å². The fourth-order valence-corrected chi connectivity index (χ4v) is 2.30. The number of rotatable bonds is 3. The molecule has 1 aromatic carbocycles. The highest BCUT2D eigenvalue weighted by Crippen LogP contribution is 2.30. The van der Waals surface area contributed by atoms with Gasteiger partial charge in [-0.15, -0.1) is 0 Å². The van der Waals surface area contributed by atoms with Crippen molar-refractivity contribution < 1.29 is 0 Å². The van der Waals surface area contributed by atoms with Crippen molar-refractivity contribution in [1.29, 1.82) is 0 Å². The summed E-state index contributed by atoms with van der Waals surface area (Å²) < 4.78 is 0. The first kappa shape index (κ1) is 11.4. The van der Waals surface area contributed by atoms with Crippen LogP contribution in [0, 0.1) is 0 Å². The Morgan fingerprint density at radius 1 is 1.25 bits per heavy atom. The molecule has 2 nitrogen and oxygen atoms in total. The van der Waals surface area contributed by atoms with E-state index in [0.29, 0.717) is 11.8 Å². The highest BCUT2D eigenvalue weighted by Gasteiger charge is 2.22. The van der Waals surface area contributed by atoms with Crippen LogP contribution in [-0.4, -0.2) is 6.04 Å². The number of nitrogens with two attached hydrogens (primary N) is 1. The molecule has 0 fully saturated rings. The molecular weight excluding hydrogens is 196 g/mol. The van der Waals surface area contributed by atoms with Gasteiger partial charge in [0.2, 0.25) is 0 Å². The smallest absolute Gasteiger partial charge is 0.0462 e. The van der Waals surface area contributed by atoms with Gasteiger partial charge in [-0.25, -0.2) is 0 Å². The summed E-state index contributed by atoms with van der Waals surface area (Å²) in [4.78, 5) is 0. The molecule has 2 atom stereocenters. The lowest BCUT2D eigenvalue weighted by atomic mass is 9.91. The van der Waals surface area contributed by atoms with Crippen LogP contribution in [0.15, 0.2) is 36.4 Å². The predicted molar refractivity (Wildman–Crippen MR) is 68.1 cm³/mol. The Balaban J connectivity index is 2.16. The summed E-state index contributed by atoms with van der Waals surface area (Å²) >= 11 is 0. The van der Waals surface area contributed by atoms with Crippen LogP contribution in [0.3, 0.4) is 0 Å². The predicted octanol–water partition coefficient (Wildman–Crippen LogP) is 2.69. The zero-order chi connectivity index (χ0) is 11.5. The molecule has 0 radical (unpaired) electrons. The molecule has 0 saturated heterocycles. The second-order valence-corrected chi connectivity index (χ2v) is 4.78. The largest absolute Gasteiger partial charge is 0.271 e. The van der Waals surface area contributed by atoms with Crippen molar-refractivity contribution in [1.82, 2.24) is 5.43 Å². The standard InChI is InChI=1S/C14H20N2/c1-10(2)11-6-8-12(9-7-11)13-4-3-5-14(13)16-15/h3,5-10,13-14,16H,4,15H2,1-2H3. The van der Waals surface area contributed by atoms with Crippen molar-refractivity contribution in [3.63, 3.8) is 0 Å². The van der Waals surface area contributed by atoms with Gasteiger partial charge in [-0.05, 0) is 23.5 Å². The van der Waals surface area contributed by atoms with E-state index in [-0.39, 0.29) is 6.04 Å². The van der Waals surface area contributed by atoms with Crippen molar-refractivity contribution >= 4 is 0 Å². The summed E-state index contributed by atoms with van der Waals surface area (Å²) in [5.41, 5.74) is 5.63. The van der Waals surface area contributed by atoms with E-state index in [4.69, 9.17) is 5.84 Å². The van der Waals surface area contributed by atoms with Gasteiger partial charge in [0.1, 0.15) is 0 Å². The van der Waals surface area contributed by atoms with Gasteiger partial charge in [-0.3, -0.25) is 11.3 Å². The quantitative estimate of drug-likeness (QED) is 0.463. The number of hydrogen-bond donors (Lipinski definition) is 2. The maximum Gasteiger partial charge on any atom is 0.0462 e. The molecule has 0 amide bonds. The molecule has 2 unspecified atom stereocenters. The summed E-state index contributed by atoms with van der Waals surface area (Å²) in [6, 6.07) is 9.21. The van der Waals surface area contributed by atoms with Gasteiger partial charge in [0.05, 0.1) is 0 Å². The van der Waals surface area contributed by atoms with E-state index in [9.17, 15) is 0 Å². The first-order chi connectivity index (χ1) is 7.72. The van der Waals surface area contributed by atoms with Crippen molar-refractivity contribution in [3.05, 3.63) is 47.5 Å². The van der Waals surface area contributed by atoms with E-state index in [0.717, 1.165) is 6.42 Å². The summed E-state index contributed by atoms with van der Waals surface area (Å²) in [6.45, 7) is 4.44. The average Bonchev–Trinajstić information content (AvgIpc) is 2.77. The maximum absolute atomic E-state index is 5.54. The van der Waals surface area contributed by atoms with E-state index in [1.54, 1.807) is 0 Å². The Morgan fingerprint density at radius 2 is 1.94 bits per heavy atom. The van der Waals surface area contributed by atoms with Crippen molar-refractivity contribution in [3.8, 4) is 0 Å². The molecule has 0 heterocycles. The Hall–Kier alpha value is -1.12. The van der Waals surface area contributed by atoms with E-state index >= 15 is 0 Å². The Morgan fingerprint density at radius 3 is 2.50 bits per heavy atom. The normalized spacial score (nSPS) is 24.2. The van der Waals surface area contributed by atoms with Gasteiger partial charge in [-0.1, -0.05) is 50.3 Å². The summed E-state index contributed by atoms with van der Waals surface area (Å²) in [5, 5.41) is 0. The lowest BCUT2D eigenvalue weighted by Crippen LogP contribution is -2.36. The van der Waals surface area contributed by atoms with Crippen LogP contribution >= 0.6 is 0 Å². The van der Waals surface area contributed by atoms with Crippen LogP contribution in [0.4, 0.5) is 0 Å². The average molecular weight is 216 g/mol. The third kappa shape index (κ3) is 2.18. The van der Waals surface area contributed by atoms with Crippen molar-refractivity contribution in [2.45, 2.75) is 38.1 Å². The fourth-order valence-electron chi connectivity index (χ4n) is 2.30. The zero-order valence-electron chi connectivity index (χ0n) is 9.98. The Kier molecular flexibility index (Phi) is 3.42. The molecule has 86 valence electrons. The molecule has 3 N–H and O–H groups in total. The lowest BCUT2D eigenvalue weighted by molar-refractivity contribution is 0.538. The Labute approximate surface area is 97.5 Å². The summed E-state index contributed by atoms with van der Waals surface area (Å²) in [7, 11) is 0. The molecule has 0 aromatic heterocycles. The molecule has 1 aromatic rings. The molecule has 0 aliphatic heterocycles. The van der Waals surface area contributed by atoms with Crippen LogP contribution in [-0.2, 0) is 0 Å². The van der Waals surface area contributed by atoms with Gasteiger partial charge < -0.3 is 0 Å². The van der Waals surface area contributed by atoms with Gasteiger partial charge in [0, 0.05) is 12.0 Å². The number of benzene rings is 1. The summed E-state index contributed by atoms with van der Waals surface area (Å²) in [5.74, 6) is 6.63. The highest BCUT2D eigenvalue weighted by molar-refractivity contribution is 5.31. The highest BCUT2D eigenvalue weighted by atomic mass is 15.2. The Bertz CT molecular complexity index is 365. The molecule has 0 saturated carbocycles. The third-order valence-electron chi connectivity index (χ3n) is 3.39. The van der Waals surface area contributed by atoms with Gasteiger partial charge in [-0.2, -0.15) is 0 Å².